The summed E-state index contributed by atoms with van der Waals surface area (Å²) in [7, 11) is 0. The van der Waals surface area contributed by atoms with Gasteiger partial charge in [-0.3, -0.25) is 10.1 Å². The van der Waals surface area contributed by atoms with Crippen molar-refractivity contribution in [2.24, 2.45) is 0 Å². The standard InChI is InChI=1S/C21H16ClN3O2/c1-14-11-17(12-18(13-23)16-3-5-19(22)6-4-16)15(2)24(14)20-7-9-21(10-8-20)25(26)27/h3-12H,1-2H3. The van der Waals surface area contributed by atoms with Crippen molar-refractivity contribution in [3.8, 4) is 11.8 Å². The number of hydrogen-bond donors (Lipinski definition) is 0. The molecule has 1 aromatic heterocycles. The fourth-order valence-electron chi connectivity index (χ4n) is 3.02. The number of non-ortho nitro benzene ring substituents is 1. The Balaban J connectivity index is 2.03. The van der Waals surface area contributed by atoms with Crippen LogP contribution in [0.2, 0.25) is 5.02 Å². The normalized spacial score (nSPS) is 11.3. The number of aromatic nitrogens is 1. The van der Waals surface area contributed by atoms with Gasteiger partial charge in [-0.15, -0.1) is 0 Å². The summed E-state index contributed by atoms with van der Waals surface area (Å²) in [6.07, 6.45) is 1.84. The van der Waals surface area contributed by atoms with E-state index in [2.05, 4.69) is 6.07 Å². The lowest BCUT2D eigenvalue weighted by atomic mass is 10.0. The summed E-state index contributed by atoms with van der Waals surface area (Å²) in [6.45, 7) is 3.91. The van der Waals surface area contributed by atoms with Gasteiger partial charge < -0.3 is 4.57 Å². The van der Waals surface area contributed by atoms with Gasteiger partial charge in [0.1, 0.15) is 0 Å². The number of benzene rings is 2. The van der Waals surface area contributed by atoms with E-state index in [1.807, 2.05) is 42.7 Å². The molecule has 6 heteroatoms. The summed E-state index contributed by atoms with van der Waals surface area (Å²) in [5.41, 5.74) is 5.05. The fourth-order valence-corrected chi connectivity index (χ4v) is 3.15. The molecule has 0 radical (unpaired) electrons. The SMILES string of the molecule is Cc1cc(C=C(C#N)c2ccc(Cl)cc2)c(C)n1-c1ccc([N+](=O)[O-])cc1. The summed E-state index contributed by atoms with van der Waals surface area (Å²) in [5, 5.41) is 21.0. The van der Waals surface area contributed by atoms with Gasteiger partial charge in [0.25, 0.3) is 5.69 Å². The zero-order chi connectivity index (χ0) is 19.6. The monoisotopic (exact) mass is 377 g/mol. The molecule has 0 fully saturated rings. The van der Waals surface area contributed by atoms with E-state index in [0.29, 0.717) is 10.6 Å². The van der Waals surface area contributed by atoms with Crippen LogP contribution in [0.1, 0.15) is 22.5 Å². The number of rotatable bonds is 4. The van der Waals surface area contributed by atoms with Crippen LogP contribution in [0.3, 0.4) is 0 Å². The molecule has 27 heavy (non-hydrogen) atoms. The van der Waals surface area contributed by atoms with Gasteiger partial charge in [-0.25, -0.2) is 0 Å². The van der Waals surface area contributed by atoms with E-state index >= 15 is 0 Å². The van der Waals surface area contributed by atoms with Crippen molar-refractivity contribution in [2.45, 2.75) is 13.8 Å². The minimum Gasteiger partial charge on any atom is -0.318 e. The molecule has 0 atom stereocenters. The van der Waals surface area contributed by atoms with Crippen molar-refractivity contribution in [3.63, 3.8) is 0 Å². The predicted octanol–water partition coefficient (Wildman–Crippen LogP) is 5.72. The van der Waals surface area contributed by atoms with Gasteiger partial charge in [-0.1, -0.05) is 23.7 Å². The Morgan fingerprint density at radius 3 is 2.33 bits per heavy atom. The molecular weight excluding hydrogens is 362 g/mol. The first-order valence-corrected chi connectivity index (χ1v) is 8.60. The lowest BCUT2D eigenvalue weighted by Crippen LogP contribution is -1.99. The molecule has 0 bridgehead atoms. The van der Waals surface area contributed by atoms with Crippen LogP contribution in [0.15, 0.2) is 54.6 Å². The van der Waals surface area contributed by atoms with Crippen molar-refractivity contribution in [3.05, 3.63) is 92.2 Å². The topological polar surface area (TPSA) is 71.9 Å². The average molecular weight is 378 g/mol. The van der Waals surface area contributed by atoms with Crippen molar-refractivity contribution >= 4 is 28.9 Å². The lowest BCUT2D eigenvalue weighted by molar-refractivity contribution is -0.384. The highest BCUT2D eigenvalue weighted by Crippen LogP contribution is 2.26. The summed E-state index contributed by atoms with van der Waals surface area (Å²) >= 11 is 5.92. The molecule has 0 amide bonds. The predicted molar refractivity (Wildman–Crippen MR) is 107 cm³/mol. The third-order valence-corrected chi connectivity index (χ3v) is 4.62. The van der Waals surface area contributed by atoms with Crippen LogP contribution in [-0.4, -0.2) is 9.49 Å². The fraction of sp³-hybridized carbons (Fsp3) is 0.0952. The van der Waals surface area contributed by atoms with Gasteiger partial charge in [0.2, 0.25) is 0 Å². The van der Waals surface area contributed by atoms with Crippen molar-refractivity contribution in [2.75, 3.05) is 0 Å². The van der Waals surface area contributed by atoms with Crippen LogP contribution in [0.4, 0.5) is 5.69 Å². The smallest absolute Gasteiger partial charge is 0.269 e. The molecule has 0 unspecified atom stereocenters. The first-order chi connectivity index (χ1) is 12.9. The second kappa shape index (κ2) is 7.48. The Morgan fingerprint density at radius 1 is 1.15 bits per heavy atom. The van der Waals surface area contributed by atoms with Gasteiger partial charge in [0, 0.05) is 34.2 Å². The number of nitro benzene ring substituents is 1. The van der Waals surface area contributed by atoms with E-state index < -0.39 is 4.92 Å². The maximum atomic E-state index is 10.8. The number of aryl methyl sites for hydroxylation is 1. The van der Waals surface area contributed by atoms with E-state index in [1.54, 1.807) is 24.3 Å². The maximum absolute atomic E-state index is 10.8. The second-order valence-electron chi connectivity index (χ2n) is 6.11. The third kappa shape index (κ3) is 3.76. The van der Waals surface area contributed by atoms with Crippen molar-refractivity contribution in [1.29, 1.82) is 5.26 Å². The van der Waals surface area contributed by atoms with E-state index in [1.165, 1.54) is 12.1 Å². The van der Waals surface area contributed by atoms with Gasteiger partial charge >= 0.3 is 0 Å². The van der Waals surface area contributed by atoms with E-state index in [4.69, 9.17) is 11.6 Å². The molecular formula is C21H16ClN3O2. The van der Waals surface area contributed by atoms with Crippen molar-refractivity contribution in [1.82, 2.24) is 4.57 Å². The van der Waals surface area contributed by atoms with Gasteiger partial charge in [-0.2, -0.15) is 5.26 Å². The second-order valence-corrected chi connectivity index (χ2v) is 6.55. The molecule has 3 rings (SSSR count). The van der Waals surface area contributed by atoms with E-state index in [0.717, 1.165) is 28.2 Å². The number of allylic oxidation sites excluding steroid dienone is 1. The van der Waals surface area contributed by atoms with Crippen LogP contribution in [0, 0.1) is 35.3 Å². The molecule has 0 spiro atoms. The van der Waals surface area contributed by atoms with E-state index in [-0.39, 0.29) is 5.69 Å². The van der Waals surface area contributed by atoms with Crippen molar-refractivity contribution < 1.29 is 4.92 Å². The van der Waals surface area contributed by atoms with Crippen LogP contribution in [0.25, 0.3) is 17.3 Å². The Labute approximate surface area is 161 Å². The summed E-state index contributed by atoms with van der Waals surface area (Å²) in [6, 6.07) is 17.8. The Hall–Kier alpha value is -3.36. The van der Waals surface area contributed by atoms with E-state index in [9.17, 15) is 15.4 Å². The van der Waals surface area contributed by atoms with Crippen LogP contribution < -0.4 is 0 Å². The molecule has 0 aliphatic heterocycles. The minimum atomic E-state index is -0.418. The first-order valence-electron chi connectivity index (χ1n) is 8.22. The quantitative estimate of drug-likeness (QED) is 0.331. The zero-order valence-corrected chi connectivity index (χ0v) is 15.6. The number of nitrogens with zero attached hydrogens (tertiary/aromatic N) is 3. The van der Waals surface area contributed by atoms with Crippen LogP contribution >= 0.6 is 11.6 Å². The minimum absolute atomic E-state index is 0.0517. The lowest BCUT2D eigenvalue weighted by Gasteiger charge is -2.09. The van der Waals surface area contributed by atoms with Crippen LogP contribution in [0.5, 0.6) is 0 Å². The Kier molecular flexibility index (Phi) is 5.11. The van der Waals surface area contributed by atoms with Gasteiger partial charge in [-0.05, 0) is 61.4 Å². The summed E-state index contributed by atoms with van der Waals surface area (Å²) in [5.74, 6) is 0. The molecule has 134 valence electrons. The molecule has 5 nitrogen and oxygen atoms in total. The number of nitro groups is 1. The number of halogens is 1. The average Bonchev–Trinajstić information content (AvgIpc) is 2.94. The highest BCUT2D eigenvalue weighted by molar-refractivity contribution is 6.30. The molecule has 0 aliphatic rings. The molecule has 2 aromatic carbocycles. The van der Waals surface area contributed by atoms with Gasteiger partial charge in [0.05, 0.1) is 16.6 Å². The Bertz CT molecular complexity index is 1070. The van der Waals surface area contributed by atoms with Crippen LogP contribution in [-0.2, 0) is 0 Å². The molecule has 0 N–H and O–H groups in total. The Morgan fingerprint density at radius 2 is 1.78 bits per heavy atom. The first kappa shape index (κ1) is 18.4. The highest BCUT2D eigenvalue weighted by atomic mass is 35.5. The maximum Gasteiger partial charge on any atom is 0.269 e. The summed E-state index contributed by atoms with van der Waals surface area (Å²) in [4.78, 5) is 10.4. The number of hydrogen-bond acceptors (Lipinski definition) is 3. The summed E-state index contributed by atoms with van der Waals surface area (Å²) < 4.78 is 2.01. The molecule has 3 aromatic rings. The third-order valence-electron chi connectivity index (χ3n) is 4.36. The van der Waals surface area contributed by atoms with Gasteiger partial charge in [0.15, 0.2) is 0 Å². The zero-order valence-electron chi connectivity index (χ0n) is 14.8. The molecule has 0 saturated carbocycles. The molecule has 1 heterocycles. The molecule has 0 saturated heterocycles. The largest absolute Gasteiger partial charge is 0.318 e. The number of nitriles is 1. The molecule has 0 aliphatic carbocycles. The highest BCUT2D eigenvalue weighted by Gasteiger charge is 2.12.